The summed E-state index contributed by atoms with van der Waals surface area (Å²) < 4.78 is 5.00. The number of hydrogen-bond donors (Lipinski definition) is 3. The molecule has 0 aliphatic heterocycles. The van der Waals surface area contributed by atoms with E-state index < -0.39 is 12.0 Å². The number of rotatable bonds is 7. The maximum atomic E-state index is 12.4. The molecule has 1 atom stereocenters. The van der Waals surface area contributed by atoms with Crippen LogP contribution in [0.1, 0.15) is 46.0 Å². The largest absolute Gasteiger partial charge is 0.462 e. The number of hydrogen-bond acceptors (Lipinski definition) is 5. The van der Waals surface area contributed by atoms with Crippen molar-refractivity contribution in [2.45, 2.75) is 33.7 Å². The zero-order chi connectivity index (χ0) is 16.9. The number of Topliss-reactive ketones (excluding diaryl/α,β-unsaturated/α-hetero) is 1. The molecule has 0 saturated heterocycles. The smallest absolute Gasteiger partial charge is 0.340 e. The Labute approximate surface area is 129 Å². The standard InChI is InChI=1S/C15H23N3O4/c1-6-22-15(21)12-8(2)13(18-9(12)3)14(20)10(4)17-7-11(19)16-5/h10,17-18H,6-7H2,1-5H3,(H,16,19)/t10-/m1/s1. The fourth-order valence-corrected chi connectivity index (χ4v) is 2.15. The van der Waals surface area contributed by atoms with Gasteiger partial charge in [0.2, 0.25) is 5.91 Å². The van der Waals surface area contributed by atoms with E-state index in [-0.39, 0.29) is 24.8 Å². The topological polar surface area (TPSA) is 100 Å². The average Bonchev–Trinajstić information content (AvgIpc) is 2.78. The third kappa shape index (κ3) is 3.94. The van der Waals surface area contributed by atoms with E-state index in [0.717, 1.165) is 0 Å². The molecule has 1 amide bonds. The predicted molar refractivity (Wildman–Crippen MR) is 82.1 cm³/mol. The van der Waals surface area contributed by atoms with E-state index in [2.05, 4.69) is 15.6 Å². The number of nitrogens with one attached hydrogen (secondary N) is 3. The minimum Gasteiger partial charge on any atom is -0.462 e. The third-order valence-corrected chi connectivity index (χ3v) is 3.40. The van der Waals surface area contributed by atoms with Gasteiger partial charge in [-0.1, -0.05) is 0 Å². The predicted octanol–water partition coefficient (Wildman–Crippen LogP) is 0.715. The maximum absolute atomic E-state index is 12.4. The Morgan fingerprint density at radius 1 is 1.27 bits per heavy atom. The number of esters is 1. The van der Waals surface area contributed by atoms with Gasteiger partial charge in [-0.15, -0.1) is 0 Å². The Morgan fingerprint density at radius 2 is 1.91 bits per heavy atom. The Balaban J connectivity index is 2.93. The number of H-pyrrole nitrogens is 1. The van der Waals surface area contributed by atoms with Crippen LogP contribution in [0.15, 0.2) is 0 Å². The molecule has 0 aromatic carbocycles. The van der Waals surface area contributed by atoms with Crippen LogP contribution in [-0.2, 0) is 9.53 Å². The van der Waals surface area contributed by atoms with Gasteiger partial charge in [0.15, 0.2) is 5.78 Å². The van der Waals surface area contributed by atoms with Crippen molar-refractivity contribution in [1.82, 2.24) is 15.6 Å². The molecule has 0 unspecified atom stereocenters. The van der Waals surface area contributed by atoms with E-state index in [9.17, 15) is 14.4 Å². The van der Waals surface area contributed by atoms with E-state index in [1.54, 1.807) is 27.7 Å². The van der Waals surface area contributed by atoms with E-state index >= 15 is 0 Å². The minimum absolute atomic E-state index is 0.0485. The molecular weight excluding hydrogens is 286 g/mol. The molecule has 0 fully saturated rings. The highest BCUT2D eigenvalue weighted by atomic mass is 16.5. The summed E-state index contributed by atoms with van der Waals surface area (Å²) in [6.45, 7) is 7.15. The lowest BCUT2D eigenvalue weighted by atomic mass is 10.0. The van der Waals surface area contributed by atoms with Gasteiger partial charge in [-0.2, -0.15) is 0 Å². The molecule has 3 N–H and O–H groups in total. The second-order valence-corrected chi connectivity index (χ2v) is 4.99. The summed E-state index contributed by atoms with van der Waals surface area (Å²) in [5.41, 5.74) is 1.91. The number of carbonyl (C=O) groups is 3. The first-order valence-electron chi connectivity index (χ1n) is 7.17. The highest BCUT2D eigenvalue weighted by molar-refractivity contribution is 6.03. The normalized spacial score (nSPS) is 11.9. The molecule has 1 aromatic rings. The molecule has 0 radical (unpaired) electrons. The fraction of sp³-hybridized carbons (Fsp3) is 0.533. The Hall–Kier alpha value is -2.15. The second-order valence-electron chi connectivity index (χ2n) is 4.99. The first-order valence-corrected chi connectivity index (χ1v) is 7.17. The highest BCUT2D eigenvalue weighted by Crippen LogP contribution is 2.20. The summed E-state index contributed by atoms with van der Waals surface area (Å²) in [7, 11) is 1.53. The van der Waals surface area contributed by atoms with Crippen molar-refractivity contribution in [3.05, 3.63) is 22.5 Å². The third-order valence-electron chi connectivity index (χ3n) is 3.40. The molecule has 0 aliphatic rings. The Bertz CT molecular complexity index is 578. The van der Waals surface area contributed by atoms with Crippen LogP contribution in [0, 0.1) is 13.8 Å². The molecule has 0 bridgehead atoms. The summed E-state index contributed by atoms with van der Waals surface area (Å²) >= 11 is 0. The van der Waals surface area contributed by atoms with Crippen LogP contribution >= 0.6 is 0 Å². The molecule has 1 heterocycles. The molecule has 7 heteroatoms. The highest BCUT2D eigenvalue weighted by Gasteiger charge is 2.25. The van der Waals surface area contributed by atoms with Crippen LogP contribution in [0.25, 0.3) is 0 Å². The number of amides is 1. The van der Waals surface area contributed by atoms with Crippen LogP contribution in [0.2, 0.25) is 0 Å². The van der Waals surface area contributed by atoms with Crippen molar-refractivity contribution in [3.8, 4) is 0 Å². The van der Waals surface area contributed by atoms with Crippen LogP contribution in [-0.4, -0.2) is 48.9 Å². The lowest BCUT2D eigenvalue weighted by Crippen LogP contribution is -2.40. The van der Waals surface area contributed by atoms with Crippen molar-refractivity contribution >= 4 is 17.7 Å². The number of likely N-dealkylation sites (N-methyl/N-ethyl adjacent to an activating group) is 1. The van der Waals surface area contributed by atoms with E-state index in [1.165, 1.54) is 7.05 Å². The first-order chi connectivity index (χ1) is 10.3. The summed E-state index contributed by atoms with van der Waals surface area (Å²) in [6.07, 6.45) is 0. The average molecular weight is 309 g/mol. The number of carbonyl (C=O) groups excluding carboxylic acids is 3. The van der Waals surface area contributed by atoms with Crippen molar-refractivity contribution in [2.24, 2.45) is 0 Å². The van der Waals surface area contributed by atoms with Gasteiger partial charge in [-0.05, 0) is 33.3 Å². The van der Waals surface area contributed by atoms with Crippen LogP contribution in [0.3, 0.4) is 0 Å². The summed E-state index contributed by atoms with van der Waals surface area (Å²) in [6, 6.07) is -0.552. The van der Waals surface area contributed by atoms with Gasteiger partial charge in [0, 0.05) is 12.7 Å². The summed E-state index contributed by atoms with van der Waals surface area (Å²) in [5, 5.41) is 5.31. The van der Waals surface area contributed by atoms with Crippen molar-refractivity contribution < 1.29 is 19.1 Å². The lowest BCUT2D eigenvalue weighted by Gasteiger charge is -2.12. The monoisotopic (exact) mass is 309 g/mol. The van der Waals surface area contributed by atoms with Crippen LogP contribution in [0.5, 0.6) is 0 Å². The Morgan fingerprint density at radius 3 is 2.45 bits per heavy atom. The SMILES string of the molecule is CCOC(=O)c1c(C)[nH]c(C(=O)[C@@H](C)NCC(=O)NC)c1C. The first kappa shape index (κ1) is 17.9. The van der Waals surface area contributed by atoms with Gasteiger partial charge in [-0.3, -0.25) is 14.9 Å². The van der Waals surface area contributed by atoms with Crippen molar-refractivity contribution in [1.29, 1.82) is 0 Å². The number of aromatic nitrogens is 1. The van der Waals surface area contributed by atoms with Crippen LogP contribution < -0.4 is 10.6 Å². The lowest BCUT2D eigenvalue weighted by molar-refractivity contribution is -0.119. The number of ether oxygens (including phenoxy) is 1. The maximum Gasteiger partial charge on any atom is 0.340 e. The minimum atomic E-state index is -0.552. The molecule has 22 heavy (non-hydrogen) atoms. The summed E-state index contributed by atoms with van der Waals surface area (Å²) in [4.78, 5) is 38.5. The molecule has 1 rings (SSSR count). The number of ketones is 1. The zero-order valence-corrected chi connectivity index (χ0v) is 13.6. The molecule has 0 spiro atoms. The zero-order valence-electron chi connectivity index (χ0n) is 13.6. The summed E-state index contributed by atoms with van der Waals surface area (Å²) in [5.74, 6) is -0.856. The van der Waals surface area contributed by atoms with Gasteiger partial charge in [-0.25, -0.2) is 4.79 Å². The molecule has 1 aromatic heterocycles. The van der Waals surface area contributed by atoms with E-state index in [1.807, 2.05) is 0 Å². The molecule has 0 aliphatic carbocycles. The van der Waals surface area contributed by atoms with Gasteiger partial charge in [0.25, 0.3) is 0 Å². The molecule has 7 nitrogen and oxygen atoms in total. The quantitative estimate of drug-likeness (QED) is 0.509. The van der Waals surface area contributed by atoms with Crippen molar-refractivity contribution in [2.75, 3.05) is 20.2 Å². The van der Waals surface area contributed by atoms with E-state index in [0.29, 0.717) is 22.5 Å². The fourth-order valence-electron chi connectivity index (χ4n) is 2.15. The Kier molecular flexibility index (Phi) is 6.30. The molecular formula is C15H23N3O4. The van der Waals surface area contributed by atoms with Gasteiger partial charge in [0.1, 0.15) is 0 Å². The number of aryl methyl sites for hydroxylation is 1. The van der Waals surface area contributed by atoms with E-state index in [4.69, 9.17) is 4.74 Å². The van der Waals surface area contributed by atoms with Crippen LogP contribution in [0.4, 0.5) is 0 Å². The van der Waals surface area contributed by atoms with Crippen molar-refractivity contribution in [3.63, 3.8) is 0 Å². The van der Waals surface area contributed by atoms with Gasteiger partial charge < -0.3 is 15.0 Å². The molecule has 0 saturated carbocycles. The van der Waals surface area contributed by atoms with Gasteiger partial charge in [0.05, 0.1) is 30.5 Å². The number of aromatic amines is 1. The molecule has 122 valence electrons. The second kappa shape index (κ2) is 7.74. The van der Waals surface area contributed by atoms with Gasteiger partial charge >= 0.3 is 5.97 Å².